The van der Waals surface area contributed by atoms with Crippen LogP contribution in [0.2, 0.25) is 0 Å². The summed E-state index contributed by atoms with van der Waals surface area (Å²) in [6.45, 7) is 2.85. The highest BCUT2D eigenvalue weighted by Crippen LogP contribution is 2.29. The lowest BCUT2D eigenvalue weighted by molar-refractivity contribution is 0.390. The van der Waals surface area contributed by atoms with Gasteiger partial charge in [0.2, 0.25) is 0 Å². The zero-order valence-electron chi connectivity index (χ0n) is 10.4. The second-order valence-corrected chi connectivity index (χ2v) is 3.71. The van der Waals surface area contributed by atoms with Crippen molar-refractivity contribution >= 4 is 0 Å². The third kappa shape index (κ3) is 2.89. The van der Waals surface area contributed by atoms with E-state index in [1.54, 1.807) is 14.2 Å². The van der Waals surface area contributed by atoms with E-state index in [4.69, 9.17) is 15.2 Å². The van der Waals surface area contributed by atoms with Gasteiger partial charge in [0, 0.05) is 6.07 Å². The van der Waals surface area contributed by atoms with Crippen LogP contribution in [0.4, 0.5) is 0 Å². The van der Waals surface area contributed by atoms with E-state index in [2.05, 4.69) is 13.0 Å². The van der Waals surface area contributed by atoms with Crippen LogP contribution >= 0.6 is 0 Å². The van der Waals surface area contributed by atoms with Gasteiger partial charge in [-0.05, 0) is 43.0 Å². The number of aryl methyl sites for hydroxylation is 1. The molecule has 0 aliphatic rings. The van der Waals surface area contributed by atoms with Gasteiger partial charge in [0.15, 0.2) is 0 Å². The van der Waals surface area contributed by atoms with E-state index in [-0.39, 0.29) is 0 Å². The van der Waals surface area contributed by atoms with Crippen LogP contribution in [-0.4, -0.2) is 20.8 Å². The molecule has 16 heavy (non-hydrogen) atoms. The number of methoxy groups -OCH3 is 2. The smallest absolute Gasteiger partial charge is 0.126 e. The van der Waals surface area contributed by atoms with Gasteiger partial charge in [0.05, 0.1) is 14.2 Å². The summed E-state index contributed by atoms with van der Waals surface area (Å²) in [5.41, 5.74) is 8.09. The summed E-state index contributed by atoms with van der Waals surface area (Å²) in [6.07, 6.45) is 2.93. The van der Waals surface area contributed by atoms with Crippen molar-refractivity contribution in [2.45, 2.75) is 26.2 Å². The molecule has 3 nitrogen and oxygen atoms in total. The Kier molecular flexibility index (Phi) is 5.12. The Balaban J connectivity index is 3.09. The fourth-order valence-corrected chi connectivity index (χ4v) is 1.89. The molecule has 0 unspecified atom stereocenters. The Morgan fingerprint density at radius 3 is 2.44 bits per heavy atom. The predicted molar refractivity (Wildman–Crippen MR) is 66.3 cm³/mol. The van der Waals surface area contributed by atoms with Crippen molar-refractivity contribution in [1.29, 1.82) is 0 Å². The van der Waals surface area contributed by atoms with Crippen molar-refractivity contribution in [1.82, 2.24) is 0 Å². The summed E-state index contributed by atoms with van der Waals surface area (Å²) in [6, 6.07) is 4.02. The molecule has 0 spiro atoms. The first-order valence-corrected chi connectivity index (χ1v) is 5.70. The molecule has 1 rings (SSSR count). The average Bonchev–Trinajstić information content (AvgIpc) is 2.34. The molecule has 0 aromatic heterocycles. The molecular weight excluding hydrogens is 202 g/mol. The van der Waals surface area contributed by atoms with E-state index in [1.165, 1.54) is 11.1 Å². The van der Waals surface area contributed by atoms with E-state index in [0.29, 0.717) is 6.54 Å². The Bertz CT molecular complexity index is 337. The summed E-state index contributed by atoms with van der Waals surface area (Å²) in [5, 5.41) is 0. The van der Waals surface area contributed by atoms with Gasteiger partial charge < -0.3 is 15.2 Å². The predicted octanol–water partition coefficient (Wildman–Crippen LogP) is 2.16. The van der Waals surface area contributed by atoms with Crippen molar-refractivity contribution in [3.63, 3.8) is 0 Å². The summed E-state index contributed by atoms with van der Waals surface area (Å²) in [4.78, 5) is 0. The molecule has 0 aliphatic carbocycles. The standard InChI is InChI=1S/C13H21NO2/c1-4-12-10(6-5-7-14)8-11(15-2)9-13(12)16-3/h8-9H,4-7,14H2,1-3H3. The summed E-state index contributed by atoms with van der Waals surface area (Å²) >= 11 is 0. The van der Waals surface area contributed by atoms with Gasteiger partial charge in [0.25, 0.3) is 0 Å². The zero-order chi connectivity index (χ0) is 12.0. The Hall–Kier alpha value is -1.22. The van der Waals surface area contributed by atoms with Crippen molar-refractivity contribution in [3.05, 3.63) is 23.3 Å². The topological polar surface area (TPSA) is 44.5 Å². The Morgan fingerprint density at radius 2 is 1.94 bits per heavy atom. The lowest BCUT2D eigenvalue weighted by Gasteiger charge is -2.14. The second-order valence-electron chi connectivity index (χ2n) is 3.71. The summed E-state index contributed by atoms with van der Waals surface area (Å²) < 4.78 is 10.7. The fourth-order valence-electron chi connectivity index (χ4n) is 1.89. The number of ether oxygens (including phenoxy) is 2. The van der Waals surface area contributed by atoms with Gasteiger partial charge in [-0.25, -0.2) is 0 Å². The lowest BCUT2D eigenvalue weighted by Crippen LogP contribution is -2.04. The third-order valence-electron chi connectivity index (χ3n) is 2.73. The van der Waals surface area contributed by atoms with E-state index in [0.717, 1.165) is 30.8 Å². The number of rotatable bonds is 6. The first-order valence-electron chi connectivity index (χ1n) is 5.70. The van der Waals surface area contributed by atoms with Crippen LogP contribution in [0, 0.1) is 0 Å². The van der Waals surface area contributed by atoms with Crippen molar-refractivity contribution < 1.29 is 9.47 Å². The minimum absolute atomic E-state index is 0.711. The number of nitrogens with two attached hydrogens (primary N) is 1. The maximum absolute atomic E-state index is 5.55. The van der Waals surface area contributed by atoms with E-state index >= 15 is 0 Å². The maximum atomic E-state index is 5.55. The average molecular weight is 223 g/mol. The normalized spacial score (nSPS) is 10.2. The minimum atomic E-state index is 0.711. The van der Waals surface area contributed by atoms with Gasteiger partial charge in [-0.15, -0.1) is 0 Å². The van der Waals surface area contributed by atoms with E-state index in [9.17, 15) is 0 Å². The number of hydrogen-bond donors (Lipinski definition) is 1. The molecule has 0 radical (unpaired) electrons. The maximum Gasteiger partial charge on any atom is 0.126 e. The minimum Gasteiger partial charge on any atom is -0.497 e. The Morgan fingerprint density at radius 1 is 1.19 bits per heavy atom. The molecule has 90 valence electrons. The quantitative estimate of drug-likeness (QED) is 0.803. The number of benzene rings is 1. The van der Waals surface area contributed by atoms with Gasteiger partial charge >= 0.3 is 0 Å². The van der Waals surface area contributed by atoms with Gasteiger partial charge in [-0.2, -0.15) is 0 Å². The van der Waals surface area contributed by atoms with Crippen LogP contribution in [0.3, 0.4) is 0 Å². The molecule has 2 N–H and O–H groups in total. The molecule has 0 amide bonds. The first kappa shape index (κ1) is 12.8. The molecule has 1 aromatic carbocycles. The highest BCUT2D eigenvalue weighted by Gasteiger charge is 2.10. The summed E-state index contributed by atoms with van der Waals surface area (Å²) in [5.74, 6) is 1.76. The Labute approximate surface area is 97.6 Å². The molecule has 1 aromatic rings. The van der Waals surface area contributed by atoms with Gasteiger partial charge in [-0.1, -0.05) is 6.92 Å². The van der Waals surface area contributed by atoms with Crippen LogP contribution in [0.1, 0.15) is 24.5 Å². The number of hydrogen-bond acceptors (Lipinski definition) is 3. The molecule has 0 saturated heterocycles. The largest absolute Gasteiger partial charge is 0.497 e. The van der Waals surface area contributed by atoms with Crippen molar-refractivity contribution in [2.24, 2.45) is 5.73 Å². The first-order chi connectivity index (χ1) is 7.76. The van der Waals surface area contributed by atoms with Crippen LogP contribution in [0.5, 0.6) is 11.5 Å². The van der Waals surface area contributed by atoms with Crippen LogP contribution in [0.15, 0.2) is 12.1 Å². The SMILES string of the molecule is CCc1c(CCCN)cc(OC)cc1OC. The molecule has 0 aliphatic heterocycles. The molecule has 0 fully saturated rings. The van der Waals surface area contributed by atoms with Crippen LogP contribution in [0.25, 0.3) is 0 Å². The van der Waals surface area contributed by atoms with E-state index < -0.39 is 0 Å². The molecule has 3 heteroatoms. The van der Waals surface area contributed by atoms with Gasteiger partial charge in [0.1, 0.15) is 11.5 Å². The molecule has 0 heterocycles. The molecular formula is C13H21NO2. The van der Waals surface area contributed by atoms with E-state index in [1.807, 2.05) is 6.07 Å². The summed E-state index contributed by atoms with van der Waals surface area (Å²) in [7, 11) is 3.37. The molecule has 0 saturated carbocycles. The highest BCUT2D eigenvalue weighted by molar-refractivity contribution is 5.46. The third-order valence-corrected chi connectivity index (χ3v) is 2.73. The second kappa shape index (κ2) is 6.38. The van der Waals surface area contributed by atoms with Crippen LogP contribution < -0.4 is 15.2 Å². The molecule has 0 bridgehead atoms. The lowest BCUT2D eigenvalue weighted by atomic mass is 9.99. The highest BCUT2D eigenvalue weighted by atomic mass is 16.5. The van der Waals surface area contributed by atoms with Crippen LogP contribution in [-0.2, 0) is 12.8 Å². The van der Waals surface area contributed by atoms with Crippen molar-refractivity contribution in [3.8, 4) is 11.5 Å². The zero-order valence-corrected chi connectivity index (χ0v) is 10.4. The fraction of sp³-hybridized carbons (Fsp3) is 0.538. The van der Waals surface area contributed by atoms with Gasteiger partial charge in [-0.3, -0.25) is 0 Å². The molecule has 0 atom stereocenters. The monoisotopic (exact) mass is 223 g/mol. The van der Waals surface area contributed by atoms with Crippen molar-refractivity contribution in [2.75, 3.05) is 20.8 Å².